The van der Waals surface area contributed by atoms with E-state index in [2.05, 4.69) is 0 Å². The van der Waals surface area contributed by atoms with Crippen LogP contribution in [0.15, 0.2) is 0 Å². The van der Waals surface area contributed by atoms with Crippen LogP contribution in [0.5, 0.6) is 0 Å². The number of carbonyl (C=O) groups is 2. The van der Waals surface area contributed by atoms with E-state index in [1.165, 1.54) is 0 Å². The van der Waals surface area contributed by atoms with E-state index in [1.807, 2.05) is 0 Å². The Hall–Kier alpha value is -1.14. The number of aliphatic hydroxyl groups is 1. The third kappa shape index (κ3) is 3.06. The van der Waals surface area contributed by atoms with E-state index < -0.39 is 17.8 Å². The molecule has 0 aromatic rings. The lowest BCUT2D eigenvalue weighted by molar-refractivity contribution is -0.157. The van der Waals surface area contributed by atoms with Gasteiger partial charge in [-0.1, -0.05) is 12.8 Å². The lowest BCUT2D eigenvalue weighted by Gasteiger charge is -2.39. The van der Waals surface area contributed by atoms with Crippen LogP contribution in [0.3, 0.4) is 0 Å². The number of amides is 1. The summed E-state index contributed by atoms with van der Waals surface area (Å²) in [7, 11) is 0. The molecule has 1 heterocycles. The average molecular weight is 271 g/mol. The first-order valence-corrected chi connectivity index (χ1v) is 6.87. The van der Waals surface area contributed by atoms with Crippen molar-refractivity contribution in [2.75, 3.05) is 26.4 Å². The van der Waals surface area contributed by atoms with Crippen LogP contribution < -0.4 is 0 Å². The number of carboxylic acids is 1. The van der Waals surface area contributed by atoms with Gasteiger partial charge in [0.15, 0.2) is 0 Å². The first-order chi connectivity index (χ1) is 9.15. The zero-order valence-corrected chi connectivity index (χ0v) is 11.0. The molecule has 2 fully saturated rings. The molecule has 0 spiro atoms. The second kappa shape index (κ2) is 6.34. The van der Waals surface area contributed by atoms with Crippen LogP contribution in [-0.4, -0.2) is 59.4 Å². The molecule has 1 saturated carbocycles. The summed E-state index contributed by atoms with van der Waals surface area (Å²) in [5.41, 5.74) is 0. The Bertz CT molecular complexity index is 346. The molecule has 2 aliphatic rings. The SMILES string of the molecule is O=C(O)C1CCCCC1C(=O)N1CCOCC1CO. The normalized spacial score (nSPS) is 32.1. The number of aliphatic carboxylic acids is 1. The second-order valence-electron chi connectivity index (χ2n) is 5.28. The Morgan fingerprint density at radius 2 is 1.89 bits per heavy atom. The number of rotatable bonds is 3. The summed E-state index contributed by atoms with van der Waals surface area (Å²) in [6.45, 7) is 1.07. The number of carboxylic acid groups (broad SMARTS) is 1. The summed E-state index contributed by atoms with van der Waals surface area (Å²) < 4.78 is 5.24. The van der Waals surface area contributed by atoms with E-state index in [4.69, 9.17) is 4.74 Å². The van der Waals surface area contributed by atoms with Crippen molar-refractivity contribution in [2.24, 2.45) is 11.8 Å². The molecule has 0 bridgehead atoms. The number of ether oxygens (including phenoxy) is 1. The van der Waals surface area contributed by atoms with Gasteiger partial charge in [-0.05, 0) is 12.8 Å². The Balaban J connectivity index is 2.09. The molecule has 2 N–H and O–H groups in total. The summed E-state index contributed by atoms with van der Waals surface area (Å²) in [5.74, 6) is -2.04. The van der Waals surface area contributed by atoms with Gasteiger partial charge in [-0.25, -0.2) is 0 Å². The van der Waals surface area contributed by atoms with Crippen LogP contribution in [0.2, 0.25) is 0 Å². The summed E-state index contributed by atoms with van der Waals surface area (Å²) in [4.78, 5) is 25.4. The number of nitrogens with zero attached hydrogens (tertiary/aromatic N) is 1. The van der Waals surface area contributed by atoms with E-state index >= 15 is 0 Å². The smallest absolute Gasteiger partial charge is 0.307 e. The highest BCUT2D eigenvalue weighted by Crippen LogP contribution is 2.32. The molecule has 19 heavy (non-hydrogen) atoms. The molecule has 2 rings (SSSR count). The molecule has 1 aliphatic heterocycles. The molecule has 3 atom stereocenters. The highest BCUT2D eigenvalue weighted by atomic mass is 16.5. The van der Waals surface area contributed by atoms with Gasteiger partial charge in [0.1, 0.15) is 0 Å². The maximum absolute atomic E-state index is 12.5. The van der Waals surface area contributed by atoms with Gasteiger partial charge in [0.2, 0.25) is 5.91 Å². The summed E-state index contributed by atoms with van der Waals surface area (Å²) in [6.07, 6.45) is 2.97. The molecular formula is C13H21NO5. The van der Waals surface area contributed by atoms with Crippen molar-refractivity contribution in [1.82, 2.24) is 4.90 Å². The fourth-order valence-corrected chi connectivity index (χ4v) is 3.03. The zero-order chi connectivity index (χ0) is 13.8. The van der Waals surface area contributed by atoms with Crippen molar-refractivity contribution in [3.05, 3.63) is 0 Å². The van der Waals surface area contributed by atoms with Crippen LogP contribution >= 0.6 is 0 Å². The van der Waals surface area contributed by atoms with Crippen molar-refractivity contribution in [3.8, 4) is 0 Å². The van der Waals surface area contributed by atoms with Gasteiger partial charge in [-0.2, -0.15) is 0 Å². The lowest BCUT2D eigenvalue weighted by atomic mass is 9.78. The predicted octanol–water partition coefficient (Wildman–Crippen LogP) is 0.0971. The minimum Gasteiger partial charge on any atom is -0.481 e. The van der Waals surface area contributed by atoms with Crippen LogP contribution in [0.4, 0.5) is 0 Å². The zero-order valence-electron chi connectivity index (χ0n) is 11.0. The van der Waals surface area contributed by atoms with Gasteiger partial charge in [0.25, 0.3) is 0 Å². The quantitative estimate of drug-likeness (QED) is 0.760. The number of carbonyl (C=O) groups excluding carboxylic acids is 1. The number of aliphatic hydroxyl groups excluding tert-OH is 1. The highest BCUT2D eigenvalue weighted by Gasteiger charge is 2.40. The highest BCUT2D eigenvalue weighted by molar-refractivity contribution is 5.85. The average Bonchev–Trinajstić information content (AvgIpc) is 2.46. The first-order valence-electron chi connectivity index (χ1n) is 6.87. The minimum atomic E-state index is -0.883. The largest absolute Gasteiger partial charge is 0.481 e. The first kappa shape index (κ1) is 14.3. The van der Waals surface area contributed by atoms with E-state index in [0.717, 1.165) is 12.8 Å². The molecule has 3 unspecified atom stereocenters. The lowest BCUT2D eigenvalue weighted by Crippen LogP contribution is -2.54. The van der Waals surface area contributed by atoms with Gasteiger partial charge in [0, 0.05) is 6.54 Å². The van der Waals surface area contributed by atoms with Gasteiger partial charge in [-0.3, -0.25) is 9.59 Å². The third-order valence-corrected chi connectivity index (χ3v) is 4.12. The van der Waals surface area contributed by atoms with Crippen molar-refractivity contribution in [1.29, 1.82) is 0 Å². The number of hydrogen-bond donors (Lipinski definition) is 2. The molecule has 1 amide bonds. The predicted molar refractivity (Wildman–Crippen MR) is 66.5 cm³/mol. The maximum atomic E-state index is 12.5. The van der Waals surface area contributed by atoms with Crippen LogP contribution in [0.25, 0.3) is 0 Å². The monoisotopic (exact) mass is 271 g/mol. The molecule has 1 aliphatic carbocycles. The van der Waals surface area contributed by atoms with Gasteiger partial charge < -0.3 is 19.8 Å². The Kier molecular flexibility index (Phi) is 4.76. The van der Waals surface area contributed by atoms with Crippen molar-refractivity contribution < 1.29 is 24.5 Å². The summed E-state index contributed by atoms with van der Waals surface area (Å²) >= 11 is 0. The fourth-order valence-electron chi connectivity index (χ4n) is 3.03. The number of hydrogen-bond acceptors (Lipinski definition) is 4. The van der Waals surface area contributed by atoms with Crippen molar-refractivity contribution >= 4 is 11.9 Å². The number of morpholine rings is 1. The Labute approximate surface area is 112 Å². The van der Waals surface area contributed by atoms with Gasteiger partial charge >= 0.3 is 5.97 Å². The Morgan fingerprint density at radius 3 is 2.53 bits per heavy atom. The molecule has 6 nitrogen and oxygen atoms in total. The maximum Gasteiger partial charge on any atom is 0.307 e. The van der Waals surface area contributed by atoms with Crippen LogP contribution in [-0.2, 0) is 14.3 Å². The molecule has 1 saturated heterocycles. The molecule has 6 heteroatoms. The topological polar surface area (TPSA) is 87.1 Å². The van der Waals surface area contributed by atoms with Crippen LogP contribution in [0, 0.1) is 11.8 Å². The third-order valence-electron chi connectivity index (χ3n) is 4.12. The fraction of sp³-hybridized carbons (Fsp3) is 0.846. The van der Waals surface area contributed by atoms with Gasteiger partial charge in [-0.15, -0.1) is 0 Å². The van der Waals surface area contributed by atoms with E-state index in [-0.39, 0.29) is 18.6 Å². The van der Waals surface area contributed by atoms with Crippen molar-refractivity contribution in [3.63, 3.8) is 0 Å². The molecule has 0 aromatic heterocycles. The molecule has 0 radical (unpaired) electrons. The van der Waals surface area contributed by atoms with E-state index in [9.17, 15) is 19.8 Å². The van der Waals surface area contributed by atoms with E-state index in [1.54, 1.807) is 4.90 Å². The Morgan fingerprint density at radius 1 is 1.21 bits per heavy atom. The van der Waals surface area contributed by atoms with E-state index in [0.29, 0.717) is 32.6 Å². The van der Waals surface area contributed by atoms with Gasteiger partial charge in [0.05, 0.1) is 37.7 Å². The molecular weight excluding hydrogens is 250 g/mol. The minimum absolute atomic E-state index is 0.130. The van der Waals surface area contributed by atoms with Crippen molar-refractivity contribution in [2.45, 2.75) is 31.7 Å². The summed E-state index contributed by atoms with van der Waals surface area (Å²) in [6, 6.07) is -0.336. The summed E-state index contributed by atoms with van der Waals surface area (Å²) in [5, 5.41) is 18.5. The molecule has 108 valence electrons. The van der Waals surface area contributed by atoms with Crippen LogP contribution in [0.1, 0.15) is 25.7 Å². The standard InChI is InChI=1S/C13H21NO5/c15-7-9-8-19-6-5-14(9)12(16)10-3-1-2-4-11(10)13(17)18/h9-11,15H,1-8H2,(H,17,18). The molecule has 0 aromatic carbocycles. The second-order valence-corrected chi connectivity index (χ2v) is 5.28.